The molecule has 0 amide bonds. The van der Waals surface area contributed by atoms with Gasteiger partial charge in [-0.15, -0.1) is 0 Å². The molecule has 90 valence electrons. The Morgan fingerprint density at radius 3 is 2.69 bits per heavy atom. The first-order chi connectivity index (χ1) is 7.59. The summed E-state index contributed by atoms with van der Waals surface area (Å²) < 4.78 is 3.04. The summed E-state index contributed by atoms with van der Waals surface area (Å²) in [6.45, 7) is 2.00. The van der Waals surface area contributed by atoms with Gasteiger partial charge in [0.15, 0.2) is 0 Å². The summed E-state index contributed by atoms with van der Waals surface area (Å²) in [5.74, 6) is 0.403. The van der Waals surface area contributed by atoms with E-state index in [0.717, 1.165) is 29.4 Å². The van der Waals surface area contributed by atoms with Crippen molar-refractivity contribution in [3.05, 3.63) is 15.9 Å². The summed E-state index contributed by atoms with van der Waals surface area (Å²) in [6.07, 6.45) is 5.31. The van der Waals surface area contributed by atoms with E-state index in [9.17, 15) is 5.11 Å². The fraction of sp³-hybridized carbons (Fsp3) is 0.750. The Labute approximate surface area is 105 Å². The van der Waals surface area contributed by atoms with Crippen LogP contribution in [-0.4, -0.2) is 21.0 Å². The topological polar surface area (TPSA) is 38.0 Å². The summed E-state index contributed by atoms with van der Waals surface area (Å²) in [4.78, 5) is 0. The maximum Gasteiger partial charge on any atom is 0.0738 e. The van der Waals surface area contributed by atoms with Crippen molar-refractivity contribution in [1.82, 2.24) is 9.78 Å². The van der Waals surface area contributed by atoms with Crippen molar-refractivity contribution < 1.29 is 5.11 Å². The zero-order chi connectivity index (χ0) is 11.7. The van der Waals surface area contributed by atoms with Gasteiger partial charge in [0.1, 0.15) is 0 Å². The molecule has 1 fully saturated rings. The zero-order valence-electron chi connectivity index (χ0n) is 9.91. The molecule has 1 aliphatic rings. The van der Waals surface area contributed by atoms with E-state index in [1.807, 2.05) is 18.7 Å². The average molecular weight is 287 g/mol. The fourth-order valence-corrected chi connectivity index (χ4v) is 3.07. The second-order valence-corrected chi connectivity index (χ2v) is 5.58. The SMILES string of the molecule is Cc1nn(C)c(CC2CCCCC2O)c1Br. The lowest BCUT2D eigenvalue weighted by Gasteiger charge is -2.27. The molecule has 1 aromatic rings. The van der Waals surface area contributed by atoms with E-state index < -0.39 is 0 Å². The second kappa shape index (κ2) is 4.88. The molecule has 2 unspecified atom stereocenters. The standard InChI is InChI=1S/C12H19BrN2O/c1-8-12(13)10(15(2)14-8)7-9-5-3-4-6-11(9)16/h9,11,16H,3-7H2,1-2H3. The molecule has 4 heteroatoms. The number of aryl methyl sites for hydroxylation is 2. The van der Waals surface area contributed by atoms with Gasteiger partial charge in [-0.1, -0.05) is 12.8 Å². The quantitative estimate of drug-likeness (QED) is 0.908. The Morgan fingerprint density at radius 1 is 1.44 bits per heavy atom. The number of aliphatic hydroxyl groups is 1. The van der Waals surface area contributed by atoms with Crippen LogP contribution in [0.15, 0.2) is 4.47 Å². The van der Waals surface area contributed by atoms with E-state index in [1.165, 1.54) is 18.5 Å². The molecule has 16 heavy (non-hydrogen) atoms. The van der Waals surface area contributed by atoms with Crippen LogP contribution in [0, 0.1) is 12.8 Å². The predicted octanol–water partition coefficient (Wildman–Crippen LogP) is 2.58. The molecular weight excluding hydrogens is 268 g/mol. The number of hydrogen-bond donors (Lipinski definition) is 1. The van der Waals surface area contributed by atoms with E-state index in [-0.39, 0.29) is 6.10 Å². The van der Waals surface area contributed by atoms with Gasteiger partial charge in [0.05, 0.1) is 22.0 Å². The van der Waals surface area contributed by atoms with Gasteiger partial charge in [0.2, 0.25) is 0 Å². The van der Waals surface area contributed by atoms with E-state index in [0.29, 0.717) is 5.92 Å². The highest BCUT2D eigenvalue weighted by atomic mass is 79.9. The van der Waals surface area contributed by atoms with E-state index in [2.05, 4.69) is 21.0 Å². The molecule has 0 saturated heterocycles. The minimum Gasteiger partial charge on any atom is -0.393 e. The van der Waals surface area contributed by atoms with Crippen LogP contribution < -0.4 is 0 Å². The lowest BCUT2D eigenvalue weighted by molar-refractivity contribution is 0.0690. The maximum absolute atomic E-state index is 9.97. The first-order valence-corrected chi connectivity index (χ1v) is 6.75. The molecule has 0 spiro atoms. The molecule has 1 aromatic heterocycles. The van der Waals surface area contributed by atoms with Crippen molar-refractivity contribution in [3.63, 3.8) is 0 Å². The van der Waals surface area contributed by atoms with E-state index in [4.69, 9.17) is 0 Å². The lowest BCUT2D eigenvalue weighted by Crippen LogP contribution is -2.27. The number of hydrogen-bond acceptors (Lipinski definition) is 2. The van der Waals surface area contributed by atoms with Gasteiger partial charge >= 0.3 is 0 Å². The fourth-order valence-electron chi connectivity index (χ4n) is 2.58. The van der Waals surface area contributed by atoms with Crippen LogP contribution in [0.3, 0.4) is 0 Å². The van der Waals surface area contributed by atoms with Gasteiger partial charge in [-0.2, -0.15) is 5.10 Å². The third kappa shape index (κ3) is 2.33. The highest BCUT2D eigenvalue weighted by molar-refractivity contribution is 9.10. The third-order valence-corrected chi connectivity index (χ3v) is 4.62. The van der Waals surface area contributed by atoms with Crippen molar-refractivity contribution in [2.45, 2.75) is 45.1 Å². The largest absolute Gasteiger partial charge is 0.393 e. The average Bonchev–Trinajstić information content (AvgIpc) is 2.48. The Hall–Kier alpha value is -0.350. The maximum atomic E-state index is 9.97. The number of aromatic nitrogens is 2. The lowest BCUT2D eigenvalue weighted by atomic mass is 9.83. The number of rotatable bonds is 2. The highest BCUT2D eigenvalue weighted by Gasteiger charge is 2.25. The van der Waals surface area contributed by atoms with Crippen LogP contribution in [0.1, 0.15) is 37.1 Å². The van der Waals surface area contributed by atoms with Crippen LogP contribution in [0.25, 0.3) is 0 Å². The van der Waals surface area contributed by atoms with Gasteiger partial charge in [-0.25, -0.2) is 0 Å². The molecule has 1 aliphatic carbocycles. The van der Waals surface area contributed by atoms with Gasteiger partial charge in [-0.3, -0.25) is 4.68 Å². The summed E-state index contributed by atoms with van der Waals surface area (Å²) in [5, 5.41) is 14.4. The van der Waals surface area contributed by atoms with Gasteiger partial charge in [-0.05, 0) is 48.0 Å². The molecule has 2 atom stereocenters. The molecule has 1 N–H and O–H groups in total. The van der Waals surface area contributed by atoms with E-state index in [1.54, 1.807) is 0 Å². The van der Waals surface area contributed by atoms with Crippen LogP contribution in [0.4, 0.5) is 0 Å². The van der Waals surface area contributed by atoms with Crippen molar-refractivity contribution in [1.29, 1.82) is 0 Å². The number of halogens is 1. The molecular formula is C12H19BrN2O. The number of nitrogens with zero attached hydrogens (tertiary/aromatic N) is 2. The molecule has 3 nitrogen and oxygen atoms in total. The van der Waals surface area contributed by atoms with Gasteiger partial charge in [0.25, 0.3) is 0 Å². The minimum atomic E-state index is -0.129. The molecule has 1 heterocycles. The van der Waals surface area contributed by atoms with Gasteiger partial charge in [0, 0.05) is 7.05 Å². The molecule has 0 radical (unpaired) electrons. The van der Waals surface area contributed by atoms with Crippen molar-refractivity contribution >= 4 is 15.9 Å². The third-order valence-electron chi connectivity index (χ3n) is 3.59. The van der Waals surface area contributed by atoms with Gasteiger partial charge < -0.3 is 5.11 Å². The summed E-state index contributed by atoms with van der Waals surface area (Å²) >= 11 is 3.58. The van der Waals surface area contributed by atoms with E-state index >= 15 is 0 Å². The molecule has 1 saturated carbocycles. The smallest absolute Gasteiger partial charge is 0.0738 e. The minimum absolute atomic E-state index is 0.129. The zero-order valence-corrected chi connectivity index (χ0v) is 11.5. The van der Waals surface area contributed by atoms with Crippen molar-refractivity contribution in [3.8, 4) is 0 Å². The Balaban J connectivity index is 2.13. The van der Waals surface area contributed by atoms with Crippen LogP contribution in [-0.2, 0) is 13.5 Å². The van der Waals surface area contributed by atoms with Crippen molar-refractivity contribution in [2.75, 3.05) is 0 Å². The highest BCUT2D eigenvalue weighted by Crippen LogP contribution is 2.30. The monoisotopic (exact) mass is 286 g/mol. The molecule has 0 aromatic carbocycles. The summed E-state index contributed by atoms with van der Waals surface area (Å²) in [6, 6.07) is 0. The first-order valence-electron chi connectivity index (χ1n) is 5.95. The Kier molecular flexibility index (Phi) is 3.70. The number of aliphatic hydroxyl groups excluding tert-OH is 1. The summed E-state index contributed by atoms with van der Waals surface area (Å²) in [5.41, 5.74) is 2.24. The molecule has 0 aliphatic heterocycles. The van der Waals surface area contributed by atoms with Crippen LogP contribution in [0.2, 0.25) is 0 Å². The Morgan fingerprint density at radius 2 is 2.12 bits per heavy atom. The second-order valence-electron chi connectivity index (χ2n) is 4.79. The van der Waals surface area contributed by atoms with Crippen LogP contribution in [0.5, 0.6) is 0 Å². The molecule has 2 rings (SSSR count). The van der Waals surface area contributed by atoms with Crippen LogP contribution >= 0.6 is 15.9 Å². The predicted molar refractivity (Wildman–Crippen MR) is 67.3 cm³/mol. The van der Waals surface area contributed by atoms with Crippen molar-refractivity contribution in [2.24, 2.45) is 13.0 Å². The normalized spacial score (nSPS) is 26.0. The first kappa shape index (κ1) is 12.1. The Bertz CT molecular complexity index is 375. The molecule has 0 bridgehead atoms. The summed E-state index contributed by atoms with van der Waals surface area (Å²) in [7, 11) is 1.97.